The van der Waals surface area contributed by atoms with Gasteiger partial charge in [-0.05, 0) is 36.3 Å². The minimum atomic E-state index is 0.433. The molecule has 0 fully saturated rings. The summed E-state index contributed by atoms with van der Waals surface area (Å²) in [5.41, 5.74) is 1.98. The van der Waals surface area contributed by atoms with E-state index in [1.54, 1.807) is 5.56 Å². The van der Waals surface area contributed by atoms with Crippen LogP contribution < -0.4 is 0 Å². The topological polar surface area (TPSA) is 0 Å². The van der Waals surface area contributed by atoms with Crippen LogP contribution in [0.25, 0.3) is 0 Å². The first-order valence-electron chi connectivity index (χ1n) is 6.35. The smallest absolute Gasteiger partial charge is 0.0140 e. The third-order valence-corrected chi connectivity index (χ3v) is 4.97. The highest BCUT2D eigenvalue weighted by Crippen LogP contribution is 2.43. The zero-order chi connectivity index (χ0) is 12.5. The van der Waals surface area contributed by atoms with Gasteiger partial charge in [0.25, 0.3) is 0 Å². The van der Waals surface area contributed by atoms with Crippen LogP contribution in [0.2, 0.25) is 0 Å². The number of benzene rings is 1. The summed E-state index contributed by atoms with van der Waals surface area (Å²) < 4.78 is 0. The highest BCUT2D eigenvalue weighted by Gasteiger charge is 2.29. The molecular formula is C15H21BrS. The highest BCUT2D eigenvalue weighted by molar-refractivity contribution is 9.09. The van der Waals surface area contributed by atoms with Crippen molar-refractivity contribution in [3.63, 3.8) is 0 Å². The summed E-state index contributed by atoms with van der Waals surface area (Å²) in [4.78, 5) is 2.12. The molecule has 0 saturated carbocycles. The van der Waals surface area contributed by atoms with Crippen molar-refractivity contribution in [2.45, 2.75) is 55.0 Å². The Morgan fingerprint density at radius 2 is 2.12 bits per heavy atom. The Labute approximate surface area is 118 Å². The van der Waals surface area contributed by atoms with Crippen molar-refractivity contribution in [3.05, 3.63) is 29.8 Å². The quantitative estimate of drug-likeness (QED) is 0.680. The van der Waals surface area contributed by atoms with Crippen LogP contribution in [0, 0.1) is 5.41 Å². The van der Waals surface area contributed by atoms with Gasteiger partial charge in [0.15, 0.2) is 0 Å². The van der Waals surface area contributed by atoms with Crippen molar-refractivity contribution in [3.8, 4) is 0 Å². The highest BCUT2D eigenvalue weighted by atomic mass is 79.9. The van der Waals surface area contributed by atoms with Crippen molar-refractivity contribution in [2.75, 3.05) is 0 Å². The van der Waals surface area contributed by atoms with Crippen molar-refractivity contribution in [1.29, 1.82) is 0 Å². The lowest BCUT2D eigenvalue weighted by Gasteiger charge is -2.28. The predicted molar refractivity (Wildman–Crippen MR) is 81.2 cm³/mol. The Morgan fingerprint density at radius 3 is 2.76 bits per heavy atom. The van der Waals surface area contributed by atoms with Crippen molar-refractivity contribution < 1.29 is 0 Å². The molecule has 0 amide bonds. The van der Waals surface area contributed by atoms with Gasteiger partial charge in [0, 0.05) is 15.0 Å². The number of thioether (sulfide) groups is 1. The van der Waals surface area contributed by atoms with Crippen LogP contribution in [0.3, 0.4) is 0 Å². The molecule has 0 spiro atoms. The molecule has 2 heteroatoms. The summed E-state index contributed by atoms with van der Waals surface area (Å²) in [6.07, 6.45) is 3.81. The standard InChI is InChI=1S/C15H21BrS/c1-11(16)9-15(2,3)10-13-8-12-6-4-5-7-14(12)17-13/h4-7,11,13H,8-10H2,1-3H3. The summed E-state index contributed by atoms with van der Waals surface area (Å²) in [5, 5.41) is 0.772. The third-order valence-electron chi connectivity index (χ3n) is 3.33. The number of hydrogen-bond acceptors (Lipinski definition) is 1. The predicted octanol–water partition coefficient (Wildman–Crippen LogP) is 5.29. The fraction of sp³-hybridized carbons (Fsp3) is 0.600. The summed E-state index contributed by atoms with van der Waals surface area (Å²) >= 11 is 5.76. The Morgan fingerprint density at radius 1 is 1.41 bits per heavy atom. The van der Waals surface area contributed by atoms with Crippen LogP contribution in [0.4, 0.5) is 0 Å². The van der Waals surface area contributed by atoms with E-state index < -0.39 is 0 Å². The SMILES string of the molecule is CC(Br)CC(C)(C)CC1Cc2ccccc2S1. The lowest BCUT2D eigenvalue weighted by molar-refractivity contribution is 0.307. The first kappa shape index (κ1) is 13.5. The van der Waals surface area contributed by atoms with Crippen LogP contribution in [-0.2, 0) is 6.42 Å². The lowest BCUT2D eigenvalue weighted by Crippen LogP contribution is -2.21. The zero-order valence-corrected chi connectivity index (χ0v) is 13.3. The van der Waals surface area contributed by atoms with Gasteiger partial charge in [-0.15, -0.1) is 11.8 Å². The van der Waals surface area contributed by atoms with E-state index in [4.69, 9.17) is 0 Å². The second kappa shape index (κ2) is 5.36. The van der Waals surface area contributed by atoms with E-state index in [0.29, 0.717) is 10.2 Å². The minimum Gasteiger partial charge on any atom is -0.122 e. The summed E-state index contributed by atoms with van der Waals surface area (Å²) in [6, 6.07) is 8.86. The van der Waals surface area contributed by atoms with E-state index in [9.17, 15) is 0 Å². The Hall–Kier alpha value is 0.0500. The molecule has 0 aromatic heterocycles. The average molecular weight is 313 g/mol. The lowest BCUT2D eigenvalue weighted by atomic mass is 9.82. The van der Waals surface area contributed by atoms with Crippen LogP contribution in [0.1, 0.15) is 39.2 Å². The molecule has 0 bridgehead atoms. The third kappa shape index (κ3) is 3.75. The molecule has 17 heavy (non-hydrogen) atoms. The maximum Gasteiger partial charge on any atom is 0.0140 e. The molecule has 0 N–H and O–H groups in total. The van der Waals surface area contributed by atoms with Crippen LogP contribution in [-0.4, -0.2) is 10.1 Å². The maximum absolute atomic E-state index is 3.68. The molecule has 2 atom stereocenters. The van der Waals surface area contributed by atoms with Crippen LogP contribution >= 0.6 is 27.7 Å². The molecule has 0 nitrogen and oxygen atoms in total. The molecule has 1 aromatic rings. The molecule has 1 aliphatic rings. The van der Waals surface area contributed by atoms with E-state index in [0.717, 1.165) is 5.25 Å². The molecule has 0 radical (unpaired) electrons. The monoisotopic (exact) mass is 312 g/mol. The van der Waals surface area contributed by atoms with Gasteiger partial charge in [0.1, 0.15) is 0 Å². The molecule has 2 unspecified atom stereocenters. The van der Waals surface area contributed by atoms with Crippen molar-refractivity contribution >= 4 is 27.7 Å². The summed E-state index contributed by atoms with van der Waals surface area (Å²) in [5.74, 6) is 0. The first-order valence-corrected chi connectivity index (χ1v) is 8.14. The largest absolute Gasteiger partial charge is 0.122 e. The van der Waals surface area contributed by atoms with Gasteiger partial charge in [-0.1, -0.05) is 54.9 Å². The van der Waals surface area contributed by atoms with E-state index >= 15 is 0 Å². The first-order chi connectivity index (χ1) is 7.96. The zero-order valence-electron chi connectivity index (χ0n) is 10.9. The minimum absolute atomic E-state index is 0.433. The van der Waals surface area contributed by atoms with Crippen molar-refractivity contribution in [2.24, 2.45) is 5.41 Å². The average Bonchev–Trinajstić information content (AvgIpc) is 2.55. The molecule has 94 valence electrons. The molecule has 1 heterocycles. The van der Waals surface area contributed by atoms with E-state index in [-0.39, 0.29) is 0 Å². The molecule has 1 aliphatic heterocycles. The molecular weight excluding hydrogens is 292 g/mol. The van der Waals surface area contributed by atoms with E-state index in [1.807, 2.05) is 0 Å². The summed E-state index contributed by atoms with van der Waals surface area (Å²) in [6.45, 7) is 7.04. The number of fused-ring (bicyclic) bond motifs is 1. The Balaban J connectivity index is 1.95. The Bertz CT molecular complexity index is 359. The van der Waals surface area contributed by atoms with Gasteiger partial charge in [-0.3, -0.25) is 0 Å². The maximum atomic E-state index is 3.68. The van der Waals surface area contributed by atoms with Gasteiger partial charge in [0.05, 0.1) is 0 Å². The van der Waals surface area contributed by atoms with Crippen LogP contribution in [0.5, 0.6) is 0 Å². The van der Waals surface area contributed by atoms with Crippen molar-refractivity contribution in [1.82, 2.24) is 0 Å². The number of alkyl halides is 1. The summed E-state index contributed by atoms with van der Waals surface area (Å²) in [7, 11) is 0. The van der Waals surface area contributed by atoms with E-state index in [1.165, 1.54) is 24.2 Å². The van der Waals surface area contributed by atoms with Gasteiger partial charge < -0.3 is 0 Å². The van der Waals surface area contributed by atoms with Gasteiger partial charge in [-0.25, -0.2) is 0 Å². The Kier molecular flexibility index (Phi) is 4.25. The van der Waals surface area contributed by atoms with Gasteiger partial charge >= 0.3 is 0 Å². The molecule has 0 saturated heterocycles. The van der Waals surface area contributed by atoms with Crippen LogP contribution in [0.15, 0.2) is 29.2 Å². The molecule has 1 aromatic carbocycles. The second-order valence-electron chi connectivity index (χ2n) is 5.90. The normalized spacial score (nSPS) is 21.3. The number of halogens is 1. The molecule has 2 rings (SSSR count). The van der Waals surface area contributed by atoms with Gasteiger partial charge in [-0.2, -0.15) is 0 Å². The fourth-order valence-electron chi connectivity index (χ4n) is 2.83. The molecule has 0 aliphatic carbocycles. The second-order valence-corrected chi connectivity index (χ2v) is 8.81. The number of hydrogen-bond donors (Lipinski definition) is 0. The van der Waals surface area contributed by atoms with E-state index in [2.05, 4.69) is 72.7 Å². The van der Waals surface area contributed by atoms with Gasteiger partial charge in [0.2, 0.25) is 0 Å². The fourth-order valence-corrected chi connectivity index (χ4v) is 5.32. The number of rotatable bonds is 4.